The molecule has 1 fully saturated rings. The van der Waals surface area contributed by atoms with E-state index in [1.807, 2.05) is 13.1 Å². The van der Waals surface area contributed by atoms with Gasteiger partial charge in [-0.05, 0) is 30.9 Å². The number of para-hydroxylation sites is 1. The molecule has 0 radical (unpaired) electrons. The zero-order chi connectivity index (χ0) is 16.5. The van der Waals surface area contributed by atoms with E-state index in [-0.39, 0.29) is 0 Å². The summed E-state index contributed by atoms with van der Waals surface area (Å²) in [6.45, 7) is 4.32. The number of nitrogens with one attached hydrogen (secondary N) is 1. The van der Waals surface area contributed by atoms with Gasteiger partial charge < -0.3 is 19.9 Å². The van der Waals surface area contributed by atoms with Gasteiger partial charge in [0.05, 0.1) is 6.61 Å². The molecule has 0 spiro atoms. The minimum atomic E-state index is 0.762. The molecule has 0 amide bonds. The third-order valence-electron chi connectivity index (χ3n) is 4.12. The smallest absolute Gasteiger partial charge is 0.193 e. The molecule has 1 N–H and O–H groups in total. The normalized spacial score (nSPS) is 14.7. The first-order valence-electron chi connectivity index (χ1n) is 8.46. The molecule has 0 heterocycles. The average molecular weight is 318 g/mol. The van der Waals surface area contributed by atoms with Crippen molar-refractivity contribution in [3.63, 3.8) is 0 Å². The van der Waals surface area contributed by atoms with Crippen molar-refractivity contribution >= 4 is 11.6 Å². The number of anilines is 1. The summed E-state index contributed by atoms with van der Waals surface area (Å²) < 4.78 is 5.69. The zero-order valence-corrected chi connectivity index (χ0v) is 14.7. The highest BCUT2D eigenvalue weighted by Crippen LogP contribution is 2.28. The molecular weight excluding hydrogens is 288 g/mol. The Morgan fingerprint density at radius 3 is 2.61 bits per heavy atom. The zero-order valence-electron chi connectivity index (χ0n) is 14.7. The van der Waals surface area contributed by atoms with Crippen molar-refractivity contribution in [1.29, 1.82) is 0 Å². The molecule has 1 saturated carbocycles. The summed E-state index contributed by atoms with van der Waals surface area (Å²) in [5.41, 5.74) is 1.23. The predicted octanol–water partition coefficient (Wildman–Crippen LogP) is 2.06. The van der Waals surface area contributed by atoms with Gasteiger partial charge in [0.15, 0.2) is 5.96 Å². The van der Waals surface area contributed by atoms with Gasteiger partial charge in [-0.25, -0.2) is 0 Å². The van der Waals surface area contributed by atoms with Crippen LogP contribution in [0.1, 0.15) is 12.8 Å². The molecule has 0 bridgehead atoms. The van der Waals surface area contributed by atoms with Gasteiger partial charge >= 0.3 is 0 Å². The average Bonchev–Trinajstić information content (AvgIpc) is 3.40. The van der Waals surface area contributed by atoms with Gasteiger partial charge in [-0.2, -0.15) is 0 Å². The third kappa shape index (κ3) is 6.48. The van der Waals surface area contributed by atoms with Crippen molar-refractivity contribution in [2.45, 2.75) is 12.8 Å². The van der Waals surface area contributed by atoms with Gasteiger partial charge in [0.25, 0.3) is 0 Å². The quantitative estimate of drug-likeness (QED) is 0.430. The second kappa shape index (κ2) is 9.40. The number of rotatable bonds is 9. The van der Waals surface area contributed by atoms with Crippen LogP contribution in [0.2, 0.25) is 0 Å². The summed E-state index contributed by atoms with van der Waals surface area (Å²) >= 11 is 0. The van der Waals surface area contributed by atoms with E-state index in [1.54, 1.807) is 0 Å². The topological polar surface area (TPSA) is 40.1 Å². The van der Waals surface area contributed by atoms with Crippen LogP contribution < -0.4 is 10.2 Å². The lowest BCUT2D eigenvalue weighted by Gasteiger charge is -2.24. The number of aliphatic imine (C=N–C) groups is 1. The highest BCUT2D eigenvalue weighted by molar-refractivity contribution is 5.79. The van der Waals surface area contributed by atoms with E-state index in [0.717, 1.165) is 44.7 Å². The van der Waals surface area contributed by atoms with Crippen LogP contribution in [0.15, 0.2) is 35.3 Å². The Labute approximate surface area is 140 Å². The van der Waals surface area contributed by atoms with Crippen molar-refractivity contribution in [1.82, 2.24) is 10.2 Å². The molecule has 128 valence electrons. The molecule has 0 saturated heterocycles. The lowest BCUT2D eigenvalue weighted by Crippen LogP contribution is -2.43. The minimum absolute atomic E-state index is 0.762. The Kier molecular flexibility index (Phi) is 7.20. The standard InChI is InChI=1S/C18H30N4O/c1-19-18(22(3)13-14-23-15-16-9-10-16)20-11-12-21(2)17-7-5-4-6-8-17/h4-8,16H,9-15H2,1-3H3,(H,19,20). The van der Waals surface area contributed by atoms with Gasteiger partial charge in [-0.1, -0.05) is 18.2 Å². The first-order valence-corrected chi connectivity index (χ1v) is 8.46. The maximum atomic E-state index is 5.69. The lowest BCUT2D eigenvalue weighted by molar-refractivity contribution is 0.115. The third-order valence-corrected chi connectivity index (χ3v) is 4.12. The Morgan fingerprint density at radius 2 is 1.96 bits per heavy atom. The van der Waals surface area contributed by atoms with Gasteiger partial charge in [0.1, 0.15) is 0 Å². The van der Waals surface area contributed by atoms with Crippen LogP contribution >= 0.6 is 0 Å². The molecule has 1 aromatic carbocycles. The summed E-state index contributed by atoms with van der Waals surface area (Å²) in [4.78, 5) is 8.70. The predicted molar refractivity (Wildman–Crippen MR) is 97.2 cm³/mol. The molecule has 1 aromatic rings. The number of nitrogens with zero attached hydrogens (tertiary/aromatic N) is 3. The summed E-state index contributed by atoms with van der Waals surface area (Å²) in [5, 5.41) is 3.41. The lowest BCUT2D eigenvalue weighted by atomic mass is 10.3. The summed E-state index contributed by atoms with van der Waals surface area (Å²) in [5.74, 6) is 1.74. The molecule has 1 aliphatic carbocycles. The fraction of sp³-hybridized carbons (Fsp3) is 0.611. The Hall–Kier alpha value is -1.75. The number of hydrogen-bond donors (Lipinski definition) is 1. The van der Waals surface area contributed by atoms with Crippen molar-refractivity contribution < 1.29 is 4.74 Å². The molecule has 2 rings (SSSR count). The molecular formula is C18H30N4O. The minimum Gasteiger partial charge on any atom is -0.379 e. The monoisotopic (exact) mass is 318 g/mol. The SMILES string of the molecule is CN=C(NCCN(C)c1ccccc1)N(C)CCOCC1CC1. The van der Waals surface area contributed by atoms with E-state index in [9.17, 15) is 0 Å². The van der Waals surface area contributed by atoms with E-state index in [4.69, 9.17) is 4.74 Å². The van der Waals surface area contributed by atoms with E-state index in [2.05, 4.69) is 58.5 Å². The van der Waals surface area contributed by atoms with Crippen LogP contribution in [0.5, 0.6) is 0 Å². The Bertz CT molecular complexity index is 473. The number of likely N-dealkylation sites (N-methyl/N-ethyl adjacent to an activating group) is 2. The van der Waals surface area contributed by atoms with Crippen LogP contribution in [0.3, 0.4) is 0 Å². The maximum absolute atomic E-state index is 5.69. The van der Waals surface area contributed by atoms with Crippen molar-refractivity contribution in [3.05, 3.63) is 30.3 Å². The first kappa shape index (κ1) is 17.6. The fourth-order valence-electron chi connectivity index (χ4n) is 2.37. The van der Waals surface area contributed by atoms with Crippen molar-refractivity contribution in [2.75, 3.05) is 58.9 Å². The van der Waals surface area contributed by atoms with Gasteiger partial charge in [-0.15, -0.1) is 0 Å². The van der Waals surface area contributed by atoms with Crippen LogP contribution in [-0.2, 0) is 4.74 Å². The largest absolute Gasteiger partial charge is 0.379 e. The maximum Gasteiger partial charge on any atom is 0.193 e. The van der Waals surface area contributed by atoms with Gasteiger partial charge in [0, 0.05) is 53.1 Å². The molecule has 23 heavy (non-hydrogen) atoms. The highest BCUT2D eigenvalue weighted by Gasteiger charge is 2.21. The van der Waals surface area contributed by atoms with Crippen LogP contribution in [0.4, 0.5) is 5.69 Å². The number of guanidine groups is 1. The van der Waals surface area contributed by atoms with Crippen LogP contribution in [0, 0.1) is 5.92 Å². The summed E-state index contributed by atoms with van der Waals surface area (Å²) in [7, 11) is 5.98. The van der Waals surface area contributed by atoms with Crippen molar-refractivity contribution in [2.24, 2.45) is 10.9 Å². The molecule has 5 nitrogen and oxygen atoms in total. The molecule has 1 aliphatic rings. The molecule has 0 unspecified atom stereocenters. The fourth-order valence-corrected chi connectivity index (χ4v) is 2.37. The second-order valence-electron chi connectivity index (χ2n) is 6.17. The van der Waals surface area contributed by atoms with Crippen LogP contribution in [-0.4, -0.2) is 64.9 Å². The van der Waals surface area contributed by atoms with Gasteiger partial charge in [0.2, 0.25) is 0 Å². The summed E-state index contributed by atoms with van der Waals surface area (Å²) in [6, 6.07) is 10.4. The molecule has 0 aliphatic heterocycles. The molecule has 5 heteroatoms. The van der Waals surface area contributed by atoms with E-state index in [0.29, 0.717) is 0 Å². The van der Waals surface area contributed by atoms with E-state index < -0.39 is 0 Å². The van der Waals surface area contributed by atoms with E-state index >= 15 is 0 Å². The summed E-state index contributed by atoms with van der Waals surface area (Å²) in [6.07, 6.45) is 2.68. The van der Waals surface area contributed by atoms with Gasteiger partial charge in [-0.3, -0.25) is 4.99 Å². The van der Waals surface area contributed by atoms with Crippen molar-refractivity contribution in [3.8, 4) is 0 Å². The first-order chi connectivity index (χ1) is 11.2. The Morgan fingerprint density at radius 1 is 1.22 bits per heavy atom. The number of ether oxygens (including phenoxy) is 1. The Balaban J connectivity index is 1.63. The van der Waals surface area contributed by atoms with E-state index in [1.165, 1.54) is 18.5 Å². The number of hydrogen-bond acceptors (Lipinski definition) is 3. The molecule has 0 atom stereocenters. The molecule has 0 aromatic heterocycles. The number of benzene rings is 1. The second-order valence-corrected chi connectivity index (χ2v) is 6.17. The highest BCUT2D eigenvalue weighted by atomic mass is 16.5. The van der Waals surface area contributed by atoms with Crippen LogP contribution in [0.25, 0.3) is 0 Å².